The van der Waals surface area contributed by atoms with Gasteiger partial charge >= 0.3 is 0 Å². The second kappa shape index (κ2) is 5.74. The first-order chi connectivity index (χ1) is 10.2. The molecule has 1 heterocycles. The van der Waals surface area contributed by atoms with E-state index in [4.69, 9.17) is 11.6 Å². The minimum Gasteiger partial charge on any atom is -0.375 e. The molecule has 0 aliphatic heterocycles. The van der Waals surface area contributed by atoms with Gasteiger partial charge in [0.1, 0.15) is 0 Å². The van der Waals surface area contributed by atoms with E-state index < -0.39 is 0 Å². The molecule has 2 N–H and O–H groups in total. The van der Waals surface area contributed by atoms with Crippen LogP contribution in [0.3, 0.4) is 0 Å². The number of anilines is 1. The van der Waals surface area contributed by atoms with Crippen molar-refractivity contribution in [1.82, 2.24) is 10.3 Å². The number of aryl methyl sites for hydroxylation is 1. The first-order valence-corrected chi connectivity index (χ1v) is 7.29. The van der Waals surface area contributed by atoms with E-state index in [2.05, 4.69) is 21.7 Å². The van der Waals surface area contributed by atoms with Crippen LogP contribution in [0.2, 0.25) is 5.02 Å². The molecule has 1 aromatic heterocycles. The van der Waals surface area contributed by atoms with Crippen LogP contribution in [0.25, 0.3) is 0 Å². The number of hydrogen-bond donors (Lipinski definition) is 2. The summed E-state index contributed by atoms with van der Waals surface area (Å²) in [5, 5.41) is 6.63. The maximum atomic E-state index is 11.7. The Bertz CT molecular complexity index is 687. The third-order valence-electron chi connectivity index (χ3n) is 3.74. The first-order valence-electron chi connectivity index (χ1n) is 6.91. The Morgan fingerprint density at radius 3 is 3.05 bits per heavy atom. The SMILES string of the molecule is CNC(=O)c1ccc(Cl)c(NC2CCc3cccnc32)c1. The molecule has 0 bridgehead atoms. The maximum absolute atomic E-state index is 11.7. The van der Waals surface area contributed by atoms with E-state index in [0.717, 1.165) is 24.2 Å². The van der Waals surface area contributed by atoms with Crippen molar-refractivity contribution in [2.45, 2.75) is 18.9 Å². The number of fused-ring (bicyclic) bond motifs is 1. The molecule has 1 amide bonds. The molecule has 1 aliphatic carbocycles. The number of nitrogens with zero attached hydrogens (tertiary/aromatic N) is 1. The standard InChI is InChI=1S/C16H16ClN3O/c1-18-16(21)11-4-6-12(17)14(9-11)20-13-7-5-10-3-2-8-19-15(10)13/h2-4,6,8-9,13,20H,5,7H2,1H3,(H,18,21). The number of rotatable bonds is 3. The maximum Gasteiger partial charge on any atom is 0.251 e. The minimum atomic E-state index is -0.125. The topological polar surface area (TPSA) is 54.0 Å². The number of benzene rings is 1. The van der Waals surface area contributed by atoms with Gasteiger partial charge in [-0.25, -0.2) is 0 Å². The van der Waals surface area contributed by atoms with Crippen LogP contribution >= 0.6 is 11.6 Å². The molecule has 1 aliphatic rings. The summed E-state index contributed by atoms with van der Waals surface area (Å²) in [4.78, 5) is 16.2. The molecule has 0 saturated carbocycles. The van der Waals surface area contributed by atoms with E-state index in [1.807, 2.05) is 6.07 Å². The Labute approximate surface area is 128 Å². The highest BCUT2D eigenvalue weighted by atomic mass is 35.5. The zero-order valence-corrected chi connectivity index (χ0v) is 12.4. The summed E-state index contributed by atoms with van der Waals surface area (Å²) < 4.78 is 0. The van der Waals surface area contributed by atoms with Crippen LogP contribution < -0.4 is 10.6 Å². The van der Waals surface area contributed by atoms with Crippen LogP contribution in [-0.4, -0.2) is 17.9 Å². The average Bonchev–Trinajstić information content (AvgIpc) is 2.92. The van der Waals surface area contributed by atoms with Gasteiger partial charge < -0.3 is 10.6 Å². The Hall–Kier alpha value is -2.07. The molecule has 5 heteroatoms. The number of amides is 1. The van der Waals surface area contributed by atoms with Gasteiger partial charge in [-0.2, -0.15) is 0 Å². The lowest BCUT2D eigenvalue weighted by Crippen LogP contribution is -2.18. The molecule has 108 valence electrons. The van der Waals surface area contributed by atoms with Crippen molar-refractivity contribution in [3.05, 3.63) is 58.4 Å². The van der Waals surface area contributed by atoms with E-state index in [1.165, 1.54) is 5.56 Å². The predicted molar refractivity (Wildman–Crippen MR) is 83.8 cm³/mol. The van der Waals surface area contributed by atoms with Crippen molar-refractivity contribution in [2.24, 2.45) is 0 Å². The van der Waals surface area contributed by atoms with Gasteiger partial charge in [0.2, 0.25) is 0 Å². The second-order valence-electron chi connectivity index (χ2n) is 5.06. The molecule has 0 radical (unpaired) electrons. The van der Waals surface area contributed by atoms with E-state index in [-0.39, 0.29) is 11.9 Å². The van der Waals surface area contributed by atoms with Crippen LogP contribution in [0.1, 0.15) is 34.1 Å². The number of pyridine rings is 1. The number of aromatic nitrogens is 1. The Morgan fingerprint density at radius 1 is 1.38 bits per heavy atom. The van der Waals surface area contributed by atoms with Gasteiger partial charge in [0.05, 0.1) is 22.4 Å². The molecule has 1 unspecified atom stereocenters. The Morgan fingerprint density at radius 2 is 2.24 bits per heavy atom. The summed E-state index contributed by atoms with van der Waals surface area (Å²) in [6.45, 7) is 0. The van der Waals surface area contributed by atoms with Gasteiger partial charge in [-0.15, -0.1) is 0 Å². The number of carbonyl (C=O) groups is 1. The number of carbonyl (C=O) groups excluding carboxylic acids is 1. The fourth-order valence-corrected chi connectivity index (χ4v) is 2.83. The summed E-state index contributed by atoms with van der Waals surface area (Å²) >= 11 is 6.23. The summed E-state index contributed by atoms with van der Waals surface area (Å²) in [6.07, 6.45) is 3.79. The van der Waals surface area contributed by atoms with E-state index in [0.29, 0.717) is 10.6 Å². The van der Waals surface area contributed by atoms with E-state index in [9.17, 15) is 4.79 Å². The Balaban J connectivity index is 1.87. The van der Waals surface area contributed by atoms with Gasteiger partial charge in [0.15, 0.2) is 0 Å². The van der Waals surface area contributed by atoms with Crippen molar-refractivity contribution in [1.29, 1.82) is 0 Å². The fraction of sp³-hybridized carbons (Fsp3) is 0.250. The Kier molecular flexibility index (Phi) is 3.80. The van der Waals surface area contributed by atoms with Gasteiger partial charge in [0.25, 0.3) is 5.91 Å². The summed E-state index contributed by atoms with van der Waals surface area (Å²) in [6, 6.07) is 9.43. The first kappa shape index (κ1) is 13.9. The quantitative estimate of drug-likeness (QED) is 0.915. The monoisotopic (exact) mass is 301 g/mol. The van der Waals surface area contributed by atoms with Crippen molar-refractivity contribution < 1.29 is 4.79 Å². The smallest absolute Gasteiger partial charge is 0.251 e. The summed E-state index contributed by atoms with van der Waals surface area (Å²) in [5.41, 5.74) is 3.69. The molecular weight excluding hydrogens is 286 g/mol. The van der Waals surface area contributed by atoms with Crippen LogP contribution in [0.15, 0.2) is 36.5 Å². The van der Waals surface area contributed by atoms with Crippen molar-refractivity contribution in [2.75, 3.05) is 12.4 Å². The lowest BCUT2D eigenvalue weighted by Gasteiger charge is -2.16. The lowest BCUT2D eigenvalue weighted by molar-refractivity contribution is 0.0963. The zero-order valence-electron chi connectivity index (χ0n) is 11.7. The summed E-state index contributed by atoms with van der Waals surface area (Å²) in [7, 11) is 1.61. The minimum absolute atomic E-state index is 0.125. The molecule has 21 heavy (non-hydrogen) atoms. The van der Waals surface area contributed by atoms with Crippen LogP contribution in [-0.2, 0) is 6.42 Å². The highest BCUT2D eigenvalue weighted by molar-refractivity contribution is 6.33. The zero-order chi connectivity index (χ0) is 14.8. The molecule has 3 rings (SSSR count). The van der Waals surface area contributed by atoms with E-state index in [1.54, 1.807) is 31.4 Å². The molecule has 4 nitrogen and oxygen atoms in total. The lowest BCUT2D eigenvalue weighted by atomic mass is 10.1. The van der Waals surface area contributed by atoms with Crippen molar-refractivity contribution in [3.8, 4) is 0 Å². The largest absolute Gasteiger partial charge is 0.375 e. The molecular formula is C16H16ClN3O. The predicted octanol–water partition coefficient (Wildman–Crippen LogP) is 3.19. The highest BCUT2D eigenvalue weighted by Gasteiger charge is 2.24. The average molecular weight is 302 g/mol. The van der Waals surface area contributed by atoms with Crippen LogP contribution in [0.4, 0.5) is 5.69 Å². The molecule has 0 saturated heterocycles. The van der Waals surface area contributed by atoms with Crippen molar-refractivity contribution >= 4 is 23.2 Å². The molecule has 2 aromatic rings. The van der Waals surface area contributed by atoms with Gasteiger partial charge in [0, 0.05) is 18.8 Å². The third-order valence-corrected chi connectivity index (χ3v) is 4.07. The molecule has 0 fully saturated rings. The van der Waals surface area contributed by atoms with Gasteiger partial charge in [-0.05, 0) is 42.7 Å². The van der Waals surface area contributed by atoms with Gasteiger partial charge in [-0.1, -0.05) is 17.7 Å². The second-order valence-corrected chi connectivity index (χ2v) is 5.46. The summed E-state index contributed by atoms with van der Waals surface area (Å²) in [5.74, 6) is -0.125. The van der Waals surface area contributed by atoms with Gasteiger partial charge in [-0.3, -0.25) is 9.78 Å². The van der Waals surface area contributed by atoms with Crippen LogP contribution in [0.5, 0.6) is 0 Å². The van der Waals surface area contributed by atoms with E-state index >= 15 is 0 Å². The normalized spacial score (nSPS) is 16.4. The van der Waals surface area contributed by atoms with Crippen molar-refractivity contribution in [3.63, 3.8) is 0 Å². The number of hydrogen-bond acceptors (Lipinski definition) is 3. The molecule has 0 spiro atoms. The molecule has 1 atom stereocenters. The third kappa shape index (κ3) is 2.72. The number of halogens is 1. The van der Waals surface area contributed by atoms with Crippen LogP contribution in [0, 0.1) is 0 Å². The molecule has 1 aromatic carbocycles. The fourth-order valence-electron chi connectivity index (χ4n) is 2.66. The number of nitrogens with one attached hydrogen (secondary N) is 2. The highest BCUT2D eigenvalue weighted by Crippen LogP contribution is 2.34.